The summed E-state index contributed by atoms with van der Waals surface area (Å²) in [6.07, 6.45) is 6.96. The maximum atomic E-state index is 6.94. The van der Waals surface area contributed by atoms with Gasteiger partial charge < -0.3 is 14.1 Å². The highest BCUT2D eigenvalue weighted by atomic mass is 32.1. The molecule has 4 bridgehead atoms. The Labute approximate surface area is 424 Å². The summed E-state index contributed by atoms with van der Waals surface area (Å²) in [5, 5.41) is 5.14. The number of nitrogens with zero attached hydrogens (tertiary/aromatic N) is 2. The molecule has 5 heterocycles. The number of thiophene rings is 1. The fourth-order valence-electron chi connectivity index (χ4n) is 15.4. The molecule has 71 heavy (non-hydrogen) atoms. The summed E-state index contributed by atoms with van der Waals surface area (Å²) in [5.74, 6) is 0. The molecule has 1 atom stereocenters. The predicted molar refractivity (Wildman–Crippen MR) is 304 cm³/mol. The van der Waals surface area contributed by atoms with Crippen molar-refractivity contribution in [2.75, 3.05) is 9.71 Å². The molecule has 9 aromatic rings. The molecule has 0 spiro atoms. The van der Waals surface area contributed by atoms with E-state index < -0.39 is 0 Å². The summed E-state index contributed by atoms with van der Waals surface area (Å²) >= 11 is 2.06. The van der Waals surface area contributed by atoms with E-state index in [4.69, 9.17) is 4.42 Å². The van der Waals surface area contributed by atoms with Gasteiger partial charge in [0.25, 0.3) is 0 Å². The lowest BCUT2D eigenvalue weighted by molar-refractivity contribution is 0.332. The fraction of sp³-hybridized carbons (Fsp3) is 0.364. The number of furan rings is 1. The van der Waals surface area contributed by atoms with Gasteiger partial charge in [-0.1, -0.05) is 131 Å². The quantitative estimate of drug-likeness (QED) is 0.153. The SMILES string of the molecule is Cc1cc2c3cc1N1c4c5c(cc6c4sc4c(cccc46)C3(C)CCC2(C)C)-c2cc3c(cc2N(c2ccc4c(c2)C(C)(C)CCC4(C)C)B5c2ccc4oc5ccccc5c4c21)C(C)(C)CCC3(C)C. The standard InChI is InChI=1S/C66H65BN2OS/c1-36-30-45-49-35-51(36)68-57-50(22-23-54-55(57)39-16-13-14-19-53(39)70-54)67-56-41(32-42-38-17-15-18-44(59(38)71-60(42)58(56)68)66(49,12)29-28-65(45,10)11)40-33-47-48(64(8,9)27-26-63(47,6)7)34-52(40)69(67)37-20-21-43-46(31-37)62(4,5)25-24-61(43,2)3/h13-23,30-35H,24-29H2,1-12H3. The third-order valence-electron chi connectivity index (χ3n) is 20.0. The summed E-state index contributed by atoms with van der Waals surface area (Å²) < 4.78 is 9.77. The minimum Gasteiger partial charge on any atom is -0.456 e. The van der Waals surface area contributed by atoms with Gasteiger partial charge in [-0.05, 0) is 182 Å². The number of para-hydroxylation sites is 1. The normalized spacial score (nSPS) is 22.0. The topological polar surface area (TPSA) is 19.6 Å². The molecule has 0 saturated carbocycles. The third kappa shape index (κ3) is 5.32. The Bertz CT molecular complexity index is 3930. The lowest BCUT2D eigenvalue weighted by Crippen LogP contribution is -2.61. The molecule has 1 unspecified atom stereocenters. The molecule has 15 rings (SSSR count). The van der Waals surface area contributed by atoms with Gasteiger partial charge in [-0.25, -0.2) is 0 Å². The maximum absolute atomic E-state index is 6.94. The second-order valence-corrected chi connectivity index (χ2v) is 27.5. The number of hydrogen-bond acceptors (Lipinski definition) is 4. The van der Waals surface area contributed by atoms with E-state index in [9.17, 15) is 0 Å². The van der Waals surface area contributed by atoms with Crippen molar-refractivity contribution in [1.29, 1.82) is 0 Å². The van der Waals surface area contributed by atoms with Crippen LogP contribution in [0.3, 0.4) is 0 Å². The van der Waals surface area contributed by atoms with Crippen molar-refractivity contribution in [3.8, 4) is 11.1 Å². The van der Waals surface area contributed by atoms with Crippen LogP contribution in [0.2, 0.25) is 0 Å². The average Bonchev–Trinajstić information content (AvgIpc) is 3.92. The summed E-state index contributed by atoms with van der Waals surface area (Å²) in [5.41, 5.74) is 25.8. The van der Waals surface area contributed by atoms with Crippen LogP contribution < -0.4 is 20.6 Å². The molecule has 3 aliphatic carbocycles. The Morgan fingerprint density at radius 3 is 1.86 bits per heavy atom. The highest BCUT2D eigenvalue weighted by molar-refractivity contribution is 7.27. The summed E-state index contributed by atoms with van der Waals surface area (Å²) in [4.78, 5) is 5.61. The van der Waals surface area contributed by atoms with Crippen LogP contribution >= 0.6 is 11.3 Å². The van der Waals surface area contributed by atoms with Gasteiger partial charge in [-0.15, -0.1) is 11.3 Å². The molecule has 354 valence electrons. The van der Waals surface area contributed by atoms with Crippen molar-refractivity contribution >= 4 is 99.7 Å². The van der Waals surface area contributed by atoms with Crippen LogP contribution in [-0.4, -0.2) is 6.85 Å². The van der Waals surface area contributed by atoms with E-state index >= 15 is 0 Å². The number of rotatable bonds is 1. The van der Waals surface area contributed by atoms with Crippen molar-refractivity contribution in [2.24, 2.45) is 0 Å². The molecule has 0 N–H and O–H groups in total. The van der Waals surface area contributed by atoms with Gasteiger partial charge in [0.15, 0.2) is 0 Å². The van der Waals surface area contributed by atoms with E-state index in [1.165, 1.54) is 152 Å². The van der Waals surface area contributed by atoms with Gasteiger partial charge in [0.05, 0.1) is 21.5 Å². The van der Waals surface area contributed by atoms with Crippen LogP contribution in [0.4, 0.5) is 28.4 Å². The molecule has 0 amide bonds. The van der Waals surface area contributed by atoms with Crippen LogP contribution in [0.1, 0.15) is 159 Å². The molecule has 5 heteroatoms. The van der Waals surface area contributed by atoms with Crippen molar-refractivity contribution in [2.45, 2.75) is 154 Å². The first-order valence-corrected chi connectivity index (χ1v) is 27.6. The molecule has 0 fully saturated rings. The molecule has 0 radical (unpaired) electrons. The monoisotopic (exact) mass is 944 g/mol. The first-order chi connectivity index (χ1) is 33.7. The minimum absolute atomic E-state index is 0.0352. The van der Waals surface area contributed by atoms with Crippen LogP contribution in [0, 0.1) is 6.92 Å². The van der Waals surface area contributed by atoms with Gasteiger partial charge >= 0.3 is 6.85 Å². The van der Waals surface area contributed by atoms with E-state index in [0.717, 1.165) is 24.0 Å². The number of fused-ring (bicyclic) bond motifs is 15. The third-order valence-corrected chi connectivity index (χ3v) is 21.3. The van der Waals surface area contributed by atoms with E-state index in [-0.39, 0.29) is 39.3 Å². The van der Waals surface area contributed by atoms with E-state index in [0.29, 0.717) is 0 Å². The van der Waals surface area contributed by atoms with Gasteiger partial charge in [0.1, 0.15) is 11.2 Å². The van der Waals surface area contributed by atoms with Crippen molar-refractivity contribution < 1.29 is 4.42 Å². The Balaban J connectivity index is 1.17. The van der Waals surface area contributed by atoms with Gasteiger partial charge in [0, 0.05) is 48.9 Å². The average molecular weight is 945 g/mol. The van der Waals surface area contributed by atoms with Gasteiger partial charge in [0.2, 0.25) is 0 Å². The van der Waals surface area contributed by atoms with Crippen molar-refractivity contribution in [3.63, 3.8) is 0 Å². The zero-order valence-corrected chi connectivity index (χ0v) is 44.7. The number of anilines is 5. The summed E-state index contributed by atoms with van der Waals surface area (Å²) in [6, 6.07) is 41.8. The second-order valence-electron chi connectivity index (χ2n) is 26.5. The highest BCUT2D eigenvalue weighted by Crippen LogP contribution is 2.61. The largest absolute Gasteiger partial charge is 0.456 e. The zero-order valence-electron chi connectivity index (χ0n) is 43.8. The summed E-state index contributed by atoms with van der Waals surface area (Å²) in [6.45, 7) is 29.7. The number of benzene rings is 7. The first kappa shape index (κ1) is 42.9. The van der Waals surface area contributed by atoms with Crippen LogP contribution in [0.25, 0.3) is 53.2 Å². The maximum Gasteiger partial charge on any atom is 0.333 e. The van der Waals surface area contributed by atoms with Crippen LogP contribution in [0.15, 0.2) is 108 Å². The molecule has 0 saturated heterocycles. The lowest BCUT2D eigenvalue weighted by atomic mass is 9.43. The molecule has 7 aromatic carbocycles. The first-order valence-electron chi connectivity index (χ1n) is 26.7. The summed E-state index contributed by atoms with van der Waals surface area (Å²) in [7, 11) is 0. The van der Waals surface area contributed by atoms with Crippen LogP contribution in [0.5, 0.6) is 0 Å². The van der Waals surface area contributed by atoms with Gasteiger partial charge in [-0.2, -0.15) is 0 Å². The Kier molecular flexibility index (Phi) is 8.00. The molecule has 3 nitrogen and oxygen atoms in total. The zero-order chi connectivity index (χ0) is 48.8. The van der Waals surface area contributed by atoms with Crippen LogP contribution in [-0.2, 0) is 32.5 Å². The minimum atomic E-state index is -0.157. The molecular formula is C66H65BN2OS. The van der Waals surface area contributed by atoms with Gasteiger partial charge in [-0.3, -0.25) is 0 Å². The number of hydrogen-bond donors (Lipinski definition) is 0. The van der Waals surface area contributed by atoms with E-state index in [2.05, 4.69) is 207 Å². The van der Waals surface area contributed by atoms with Crippen molar-refractivity contribution in [3.05, 3.63) is 148 Å². The van der Waals surface area contributed by atoms with E-state index in [1.54, 1.807) is 0 Å². The van der Waals surface area contributed by atoms with E-state index in [1.807, 2.05) is 0 Å². The molecule has 6 aliphatic rings. The highest BCUT2D eigenvalue weighted by Gasteiger charge is 2.51. The molecule has 2 aromatic heterocycles. The number of aryl methyl sites for hydroxylation is 1. The fourth-order valence-corrected chi connectivity index (χ4v) is 16.8. The molecular weight excluding hydrogens is 880 g/mol. The Morgan fingerprint density at radius 1 is 0.479 bits per heavy atom. The Morgan fingerprint density at radius 2 is 1.11 bits per heavy atom. The second kappa shape index (κ2) is 13.2. The predicted octanol–water partition coefficient (Wildman–Crippen LogP) is 17.4. The Hall–Kier alpha value is -5.78. The van der Waals surface area contributed by atoms with Crippen molar-refractivity contribution in [1.82, 2.24) is 0 Å². The molecule has 3 aliphatic heterocycles. The smallest absolute Gasteiger partial charge is 0.333 e. The lowest BCUT2D eigenvalue weighted by Gasteiger charge is -2.49.